The molecule has 25 heavy (non-hydrogen) atoms. The number of benzene rings is 2. The summed E-state index contributed by atoms with van der Waals surface area (Å²) in [6, 6.07) is 7.75. The van der Waals surface area contributed by atoms with Crippen LogP contribution in [0.5, 0.6) is 11.5 Å². The number of carboxylic acid groups (broad SMARTS) is 1. The Bertz CT molecular complexity index is 988. The molecule has 0 aliphatic carbocycles. The van der Waals surface area contributed by atoms with E-state index in [2.05, 4.69) is 4.98 Å². The standard InChI is InChI=1S/C18H13F2NO4/c1-24-15-4-3-9(5-16(15)25-2)14-8-12(18(22)23)11-6-10(19)7-13(20)17(11)21-14/h3-8H,1-2H3,(H,22,23). The van der Waals surface area contributed by atoms with Crippen LogP contribution in [0.15, 0.2) is 36.4 Å². The van der Waals surface area contributed by atoms with Crippen LogP contribution in [0.3, 0.4) is 0 Å². The number of rotatable bonds is 4. The molecule has 1 N–H and O–H groups in total. The van der Waals surface area contributed by atoms with E-state index in [0.29, 0.717) is 23.1 Å². The lowest BCUT2D eigenvalue weighted by Gasteiger charge is -2.11. The molecule has 2 aromatic carbocycles. The predicted octanol–water partition coefficient (Wildman–Crippen LogP) is 3.90. The van der Waals surface area contributed by atoms with E-state index in [9.17, 15) is 18.7 Å². The van der Waals surface area contributed by atoms with Crippen LogP contribution in [0.4, 0.5) is 8.78 Å². The van der Waals surface area contributed by atoms with E-state index in [1.165, 1.54) is 20.3 Å². The number of aromatic nitrogens is 1. The Morgan fingerprint density at radius 3 is 2.40 bits per heavy atom. The normalized spacial score (nSPS) is 10.7. The summed E-state index contributed by atoms with van der Waals surface area (Å²) in [7, 11) is 2.94. The molecule has 0 unspecified atom stereocenters. The van der Waals surface area contributed by atoms with Gasteiger partial charge in [-0.15, -0.1) is 0 Å². The van der Waals surface area contributed by atoms with Crippen molar-refractivity contribution in [3.05, 3.63) is 53.6 Å². The molecule has 0 saturated carbocycles. The zero-order valence-corrected chi connectivity index (χ0v) is 13.3. The predicted molar refractivity (Wildman–Crippen MR) is 87.2 cm³/mol. The molecule has 5 nitrogen and oxygen atoms in total. The van der Waals surface area contributed by atoms with E-state index in [1.54, 1.807) is 18.2 Å². The van der Waals surface area contributed by atoms with E-state index >= 15 is 0 Å². The molecule has 7 heteroatoms. The third-order valence-corrected chi connectivity index (χ3v) is 3.74. The van der Waals surface area contributed by atoms with Gasteiger partial charge in [-0.05, 0) is 30.3 Å². The van der Waals surface area contributed by atoms with E-state index in [1.807, 2.05) is 0 Å². The molecule has 0 bridgehead atoms. The van der Waals surface area contributed by atoms with E-state index in [0.717, 1.165) is 6.07 Å². The molecule has 3 rings (SSSR count). The molecule has 0 aliphatic heterocycles. The number of carbonyl (C=O) groups is 1. The molecular weight excluding hydrogens is 332 g/mol. The maximum Gasteiger partial charge on any atom is 0.336 e. The van der Waals surface area contributed by atoms with Gasteiger partial charge in [0.15, 0.2) is 17.3 Å². The number of hydrogen-bond acceptors (Lipinski definition) is 4. The van der Waals surface area contributed by atoms with E-state index in [-0.39, 0.29) is 22.2 Å². The molecular formula is C18H13F2NO4. The van der Waals surface area contributed by atoms with Crippen molar-refractivity contribution in [2.45, 2.75) is 0 Å². The van der Waals surface area contributed by atoms with Crippen molar-refractivity contribution in [3.63, 3.8) is 0 Å². The molecule has 0 aliphatic rings. The largest absolute Gasteiger partial charge is 0.493 e. The number of aromatic carboxylic acids is 1. The zero-order valence-electron chi connectivity index (χ0n) is 13.3. The van der Waals surface area contributed by atoms with Crippen LogP contribution in [0, 0.1) is 11.6 Å². The number of halogens is 2. The topological polar surface area (TPSA) is 68.7 Å². The minimum absolute atomic E-state index is 0.103. The molecule has 0 spiro atoms. The van der Waals surface area contributed by atoms with Crippen LogP contribution >= 0.6 is 0 Å². The average Bonchev–Trinajstić information content (AvgIpc) is 2.60. The molecule has 0 radical (unpaired) electrons. The van der Waals surface area contributed by atoms with Crippen molar-refractivity contribution >= 4 is 16.9 Å². The molecule has 0 amide bonds. The average molecular weight is 345 g/mol. The maximum atomic E-state index is 14.1. The number of methoxy groups -OCH3 is 2. The summed E-state index contributed by atoms with van der Waals surface area (Å²) in [5.41, 5.74) is 0.265. The summed E-state index contributed by atoms with van der Waals surface area (Å²) in [4.78, 5) is 15.7. The van der Waals surface area contributed by atoms with Gasteiger partial charge in [-0.2, -0.15) is 0 Å². The molecule has 3 aromatic rings. The SMILES string of the molecule is COc1ccc(-c2cc(C(=O)O)c3cc(F)cc(F)c3n2)cc1OC. The van der Waals surface area contributed by atoms with Gasteiger partial charge in [-0.1, -0.05) is 0 Å². The van der Waals surface area contributed by atoms with Crippen molar-refractivity contribution in [3.8, 4) is 22.8 Å². The quantitative estimate of drug-likeness (QED) is 0.777. The Kier molecular flexibility index (Phi) is 4.22. The summed E-state index contributed by atoms with van der Waals surface area (Å²) in [5, 5.41) is 9.30. The minimum atomic E-state index is -1.31. The highest BCUT2D eigenvalue weighted by Gasteiger charge is 2.17. The second kappa shape index (κ2) is 6.35. The highest BCUT2D eigenvalue weighted by Crippen LogP contribution is 2.33. The second-order valence-electron chi connectivity index (χ2n) is 5.21. The van der Waals surface area contributed by atoms with Crippen molar-refractivity contribution in [1.82, 2.24) is 4.98 Å². The Balaban J connectivity index is 2.29. The minimum Gasteiger partial charge on any atom is -0.493 e. The fraction of sp³-hybridized carbons (Fsp3) is 0.111. The van der Waals surface area contributed by atoms with Crippen LogP contribution in [0.1, 0.15) is 10.4 Å². The van der Waals surface area contributed by atoms with Crippen LogP contribution in [0.25, 0.3) is 22.2 Å². The fourth-order valence-corrected chi connectivity index (χ4v) is 2.57. The summed E-state index contributed by atoms with van der Waals surface area (Å²) >= 11 is 0. The first-order valence-corrected chi connectivity index (χ1v) is 7.20. The first-order chi connectivity index (χ1) is 11.9. The van der Waals surface area contributed by atoms with Gasteiger partial charge in [-0.25, -0.2) is 18.6 Å². The Hall–Kier alpha value is -3.22. The summed E-state index contributed by atoms with van der Waals surface area (Å²) in [6.07, 6.45) is 0. The van der Waals surface area contributed by atoms with Gasteiger partial charge in [0.2, 0.25) is 0 Å². The monoisotopic (exact) mass is 345 g/mol. The van der Waals surface area contributed by atoms with E-state index < -0.39 is 17.6 Å². The van der Waals surface area contributed by atoms with Crippen molar-refractivity contribution in [1.29, 1.82) is 0 Å². The first kappa shape index (κ1) is 16.6. The van der Waals surface area contributed by atoms with Gasteiger partial charge in [-0.3, -0.25) is 0 Å². The Labute approximate surface area is 141 Å². The van der Waals surface area contributed by atoms with Crippen LogP contribution in [-0.4, -0.2) is 30.3 Å². The van der Waals surface area contributed by atoms with Crippen LogP contribution in [0.2, 0.25) is 0 Å². The first-order valence-electron chi connectivity index (χ1n) is 7.20. The smallest absolute Gasteiger partial charge is 0.336 e. The summed E-state index contributed by atoms with van der Waals surface area (Å²) in [5.74, 6) is -2.20. The van der Waals surface area contributed by atoms with Gasteiger partial charge < -0.3 is 14.6 Å². The molecule has 128 valence electrons. The number of fused-ring (bicyclic) bond motifs is 1. The molecule has 0 saturated heterocycles. The van der Waals surface area contributed by atoms with Gasteiger partial charge in [0.25, 0.3) is 0 Å². The summed E-state index contributed by atoms with van der Waals surface area (Å²) in [6.45, 7) is 0. The van der Waals surface area contributed by atoms with Gasteiger partial charge >= 0.3 is 5.97 Å². The second-order valence-corrected chi connectivity index (χ2v) is 5.21. The van der Waals surface area contributed by atoms with Crippen LogP contribution in [-0.2, 0) is 0 Å². The maximum absolute atomic E-state index is 14.1. The number of pyridine rings is 1. The Morgan fingerprint density at radius 2 is 1.76 bits per heavy atom. The van der Waals surface area contributed by atoms with Crippen molar-refractivity contribution < 1.29 is 28.2 Å². The van der Waals surface area contributed by atoms with Crippen molar-refractivity contribution in [2.75, 3.05) is 14.2 Å². The lowest BCUT2D eigenvalue weighted by molar-refractivity contribution is 0.0699. The third kappa shape index (κ3) is 2.96. The molecule has 0 fully saturated rings. The summed E-state index contributed by atoms with van der Waals surface area (Å²) < 4.78 is 37.9. The number of nitrogens with zero attached hydrogens (tertiary/aromatic N) is 1. The number of hydrogen-bond donors (Lipinski definition) is 1. The van der Waals surface area contributed by atoms with E-state index in [4.69, 9.17) is 9.47 Å². The molecule has 1 heterocycles. The lowest BCUT2D eigenvalue weighted by Crippen LogP contribution is -2.02. The van der Waals surface area contributed by atoms with Crippen LogP contribution < -0.4 is 9.47 Å². The fourth-order valence-electron chi connectivity index (χ4n) is 2.57. The third-order valence-electron chi connectivity index (χ3n) is 3.74. The highest BCUT2D eigenvalue weighted by molar-refractivity contribution is 6.04. The lowest BCUT2D eigenvalue weighted by atomic mass is 10.0. The number of ether oxygens (including phenoxy) is 2. The Morgan fingerprint density at radius 1 is 1.04 bits per heavy atom. The van der Waals surface area contributed by atoms with Gasteiger partial charge in [0.05, 0.1) is 25.5 Å². The molecule has 0 atom stereocenters. The highest BCUT2D eigenvalue weighted by atomic mass is 19.1. The zero-order chi connectivity index (χ0) is 18.1. The van der Waals surface area contributed by atoms with Crippen molar-refractivity contribution in [2.24, 2.45) is 0 Å². The van der Waals surface area contributed by atoms with Gasteiger partial charge in [0.1, 0.15) is 11.3 Å². The van der Waals surface area contributed by atoms with Gasteiger partial charge in [0, 0.05) is 17.0 Å². The number of carboxylic acids is 1. The molecule has 1 aromatic heterocycles.